The van der Waals surface area contributed by atoms with E-state index in [4.69, 9.17) is 36.1 Å². The van der Waals surface area contributed by atoms with Gasteiger partial charge >= 0.3 is 11.9 Å². The normalized spacial score (nSPS) is 19.4. The lowest BCUT2D eigenvalue weighted by molar-refractivity contribution is -0.757. The van der Waals surface area contributed by atoms with Crippen molar-refractivity contribution in [2.75, 3.05) is 39.2 Å². The molecule has 4 aromatic rings. The van der Waals surface area contributed by atoms with Crippen LogP contribution in [0.5, 0.6) is 11.5 Å². The van der Waals surface area contributed by atoms with Crippen LogP contribution in [-0.2, 0) is 23.9 Å². The Labute approximate surface area is 306 Å². The van der Waals surface area contributed by atoms with Crippen molar-refractivity contribution in [2.45, 2.75) is 51.2 Å². The summed E-state index contributed by atoms with van der Waals surface area (Å²) in [7, 11) is 3.06. The second kappa shape index (κ2) is 19.3. The fraction of sp³-hybridized carbons (Fsp3) is 0.389. The molecule has 11 heteroatoms. The minimum Gasteiger partial charge on any atom is -0.497 e. The zero-order valence-corrected chi connectivity index (χ0v) is 27.2. The van der Waals surface area contributed by atoms with E-state index in [2.05, 4.69) is 25.5 Å². The van der Waals surface area contributed by atoms with Crippen LogP contribution in [0, 0.1) is 10.1 Å². The quantitative estimate of drug-likeness (QED) is 0.0487. The molecule has 0 bridgehead atoms. The Hall–Kier alpha value is -4.38. The molecule has 0 saturated carbocycles. The monoisotopic (exact) mass is 727 g/mol. The van der Waals surface area contributed by atoms with Gasteiger partial charge in [-0.1, -0.05) is 64.5 Å². The fourth-order valence-electron chi connectivity index (χ4n) is 4.04. The van der Waals surface area contributed by atoms with Crippen LogP contribution in [-0.4, -0.2) is 56.2 Å². The first-order valence-electron chi connectivity index (χ1n) is 21.7. The summed E-state index contributed by atoms with van der Waals surface area (Å²) in [5.41, 5.74) is 0.886. The average Bonchev–Trinajstić information content (AvgIpc) is 3.17. The van der Waals surface area contributed by atoms with Crippen molar-refractivity contribution in [2.24, 2.45) is 0 Å². The van der Waals surface area contributed by atoms with E-state index < -0.39 is 79.3 Å². The second-order valence-electron chi connectivity index (χ2n) is 9.45. The largest absolute Gasteiger partial charge is 0.497 e. The predicted octanol–water partition coefficient (Wildman–Crippen LogP) is 8.15. The molecule has 4 rings (SSSR count). The number of ether oxygens (including phenoxy) is 4. The molecule has 2 atom stereocenters. The van der Waals surface area contributed by atoms with E-state index in [0.29, 0.717) is 22.6 Å². The van der Waals surface area contributed by atoms with E-state index in [9.17, 15) is 19.7 Å². The lowest BCUT2D eigenvalue weighted by atomic mass is 9.98. The fourth-order valence-corrected chi connectivity index (χ4v) is 4.14. The highest BCUT2D eigenvalue weighted by Crippen LogP contribution is 2.27. The molecule has 0 saturated heterocycles. The van der Waals surface area contributed by atoms with Gasteiger partial charge in [-0.25, -0.2) is 0 Å². The van der Waals surface area contributed by atoms with Gasteiger partial charge in [-0.2, -0.15) is 0 Å². The molecule has 47 heavy (non-hydrogen) atoms. The Morgan fingerprint density at radius 1 is 0.702 bits per heavy atom. The van der Waals surface area contributed by atoms with E-state index >= 15 is 0 Å². The maximum atomic E-state index is 12.6. The van der Waals surface area contributed by atoms with Crippen LogP contribution < -0.4 is 9.47 Å². The molecular formula is C36H42BrNO9. The molecule has 0 aliphatic carbocycles. The molecule has 0 fully saturated rings. The van der Waals surface area contributed by atoms with Gasteiger partial charge in [-0.3, -0.25) is 9.59 Å². The SMILES string of the molecule is [2H]C([2H])(Br)C([2H])([2H])C([2H])([2H])C([2H])([2H])OC(=O)[C@@H](C)c1ccc2cc(OC)ccc2c1.[2H]C([2H])(OC(=O)[C@@H](C)c1ccc2cc(OC)ccc2c1)C([2H])([2H])C([2H])([2H])C([2H])([2H])O[N+](=O)[O-]. The zero-order valence-electron chi connectivity index (χ0n) is 41.6. The van der Waals surface area contributed by atoms with Crippen molar-refractivity contribution in [1.29, 1.82) is 0 Å². The molecule has 0 unspecified atom stereocenters. The van der Waals surface area contributed by atoms with Crippen molar-refractivity contribution in [3.63, 3.8) is 0 Å². The van der Waals surface area contributed by atoms with E-state index in [1.54, 1.807) is 73.8 Å². The van der Waals surface area contributed by atoms with Crippen molar-refractivity contribution >= 4 is 49.4 Å². The number of esters is 2. The van der Waals surface area contributed by atoms with Crippen LogP contribution in [0.25, 0.3) is 21.5 Å². The Bertz CT molecular complexity index is 2330. The van der Waals surface area contributed by atoms with Crippen LogP contribution in [0.1, 0.15) is 84.2 Å². The van der Waals surface area contributed by atoms with Crippen molar-refractivity contribution in [3.8, 4) is 11.5 Å². The number of fused-ring (bicyclic) bond motifs is 2. The summed E-state index contributed by atoms with van der Waals surface area (Å²) in [5, 5.41) is 9.06. The highest BCUT2D eigenvalue weighted by molar-refractivity contribution is 9.09. The maximum absolute atomic E-state index is 12.6. The molecular weight excluding hydrogens is 670 g/mol. The van der Waals surface area contributed by atoms with Gasteiger partial charge in [-0.05, 0) is 96.3 Å². The number of alkyl halides is 1. The summed E-state index contributed by atoms with van der Waals surface area (Å²) in [6.07, 6.45) is -14.7. The van der Waals surface area contributed by atoms with Gasteiger partial charge in [0.15, 0.2) is 0 Å². The third-order valence-corrected chi connectivity index (χ3v) is 6.80. The van der Waals surface area contributed by atoms with Gasteiger partial charge in [0.1, 0.15) is 11.5 Å². The second-order valence-corrected chi connectivity index (χ2v) is 9.84. The first-order chi connectivity index (χ1) is 28.5. The summed E-state index contributed by atoms with van der Waals surface area (Å²) < 4.78 is 143. The molecule has 0 amide bonds. The molecule has 10 nitrogen and oxygen atoms in total. The van der Waals surface area contributed by atoms with Gasteiger partial charge in [0.05, 0.1) is 54.0 Å². The Kier molecular flexibility index (Phi) is 8.26. The van der Waals surface area contributed by atoms with E-state index in [-0.39, 0.29) is 0 Å². The summed E-state index contributed by atoms with van der Waals surface area (Å²) >= 11 is 2.40. The third-order valence-electron chi connectivity index (χ3n) is 6.60. The van der Waals surface area contributed by atoms with Gasteiger partial charge < -0.3 is 23.8 Å². The molecule has 0 aliphatic rings. The van der Waals surface area contributed by atoms with Crippen LogP contribution >= 0.6 is 15.9 Å². The summed E-state index contributed by atoms with van der Waals surface area (Å²) in [5.74, 6) is -3.17. The van der Waals surface area contributed by atoms with Crippen molar-refractivity contribution in [1.82, 2.24) is 0 Å². The lowest BCUT2D eigenvalue weighted by Crippen LogP contribution is -2.14. The number of hydrogen-bond acceptors (Lipinski definition) is 9. The van der Waals surface area contributed by atoms with Gasteiger partial charge in [0.2, 0.25) is 0 Å². The Morgan fingerprint density at radius 3 is 1.53 bits per heavy atom. The van der Waals surface area contributed by atoms with Crippen LogP contribution in [0.2, 0.25) is 0 Å². The van der Waals surface area contributed by atoms with Crippen LogP contribution in [0.15, 0.2) is 72.8 Å². The highest BCUT2D eigenvalue weighted by Gasteiger charge is 2.18. The standard InChI is InChI=1S/C18H21BrO3.C18H21NO6/c1-13(18(20)22-10-4-3-9-19)14-5-6-16-12-17(21-2)8-7-15(16)11-14;1-13(18(20)24-9-3-4-10-25-19(21)22)14-5-6-16-12-17(23-2)8-7-15(16)11-14/h5-8,11-13H,3-4,9-10H2,1-2H3;5-8,11-13H,3-4,9-10H2,1-2H3/t2*13-/m00/s1/i2*3D2,4D2,9D2,10D2. The number of carbonyl (C=O) groups excluding carboxylic acids is 2. The molecule has 0 aliphatic heterocycles. The smallest absolute Gasteiger partial charge is 0.313 e. The number of carbonyl (C=O) groups is 2. The molecule has 4 aromatic carbocycles. The predicted molar refractivity (Wildman–Crippen MR) is 185 cm³/mol. The number of methoxy groups -OCH3 is 2. The van der Waals surface area contributed by atoms with E-state index in [1.807, 2.05) is 6.07 Å². The van der Waals surface area contributed by atoms with Gasteiger partial charge in [0.25, 0.3) is 5.09 Å². The van der Waals surface area contributed by atoms with Gasteiger partial charge in [-0.15, -0.1) is 10.1 Å². The minimum atomic E-state index is -3.94. The van der Waals surface area contributed by atoms with Crippen molar-refractivity contribution < 1.29 is 60.4 Å². The average molecular weight is 729 g/mol. The molecule has 0 heterocycles. The number of benzene rings is 4. The summed E-state index contributed by atoms with van der Waals surface area (Å²) in [4.78, 5) is 39.2. The number of rotatable bonds is 16. The number of hydrogen-bond donors (Lipinski definition) is 0. The first-order valence-corrected chi connectivity index (χ1v) is 14.4. The van der Waals surface area contributed by atoms with Gasteiger partial charge in [0, 0.05) is 19.0 Å². The summed E-state index contributed by atoms with van der Waals surface area (Å²) in [6, 6.07) is 20.5. The zero-order chi connectivity index (χ0) is 48.5. The molecule has 0 spiro atoms. The number of halogens is 1. The molecule has 252 valence electrons. The van der Waals surface area contributed by atoms with E-state index in [0.717, 1.165) is 21.5 Å². The Morgan fingerprint density at radius 2 is 1.11 bits per heavy atom. The minimum absolute atomic E-state index is 0.393. The van der Waals surface area contributed by atoms with Crippen LogP contribution in [0.3, 0.4) is 0 Å². The van der Waals surface area contributed by atoms with E-state index in [1.165, 1.54) is 21.0 Å². The topological polar surface area (TPSA) is 123 Å². The lowest BCUT2D eigenvalue weighted by Gasteiger charge is -2.13. The van der Waals surface area contributed by atoms with Crippen LogP contribution in [0.4, 0.5) is 0 Å². The maximum Gasteiger partial charge on any atom is 0.313 e. The van der Waals surface area contributed by atoms with Crippen molar-refractivity contribution in [3.05, 3.63) is 94.0 Å². The number of nitrogens with zero attached hydrogens (tertiary/aromatic N) is 1. The third kappa shape index (κ3) is 11.7. The molecule has 0 aromatic heterocycles. The molecule has 0 N–H and O–H groups in total. The highest BCUT2D eigenvalue weighted by atomic mass is 79.9. The summed E-state index contributed by atoms with van der Waals surface area (Å²) in [6.45, 7) is -8.24. The Balaban J connectivity index is 0.000000337. The molecule has 0 radical (unpaired) electrons. The first kappa shape index (κ1) is 20.1.